The van der Waals surface area contributed by atoms with Crippen molar-refractivity contribution in [2.24, 2.45) is 0 Å². The molecule has 5 nitrogen and oxygen atoms in total. The van der Waals surface area contributed by atoms with E-state index in [1.54, 1.807) is 36.4 Å². The van der Waals surface area contributed by atoms with E-state index in [1.165, 1.54) is 18.2 Å². The third-order valence-electron chi connectivity index (χ3n) is 3.86. The molecule has 0 fully saturated rings. The van der Waals surface area contributed by atoms with Crippen molar-refractivity contribution in [3.05, 3.63) is 95.1 Å². The van der Waals surface area contributed by atoms with Crippen molar-refractivity contribution >= 4 is 22.7 Å². The smallest absolute Gasteiger partial charge is 0.336 e. The van der Waals surface area contributed by atoms with Crippen LogP contribution in [0.2, 0.25) is 0 Å². The molecular formula is C22H14O5S. The average molecular weight is 390 g/mol. The number of hydrogen-bond acceptors (Lipinski definition) is 3. The molecule has 0 saturated heterocycles. The predicted molar refractivity (Wildman–Crippen MR) is 104 cm³/mol. The van der Waals surface area contributed by atoms with E-state index in [-0.39, 0.29) is 11.1 Å². The molecule has 0 aliphatic rings. The predicted octanol–water partition coefficient (Wildman–Crippen LogP) is 3.65. The summed E-state index contributed by atoms with van der Waals surface area (Å²) < 4.78 is 12.5. The number of carbonyl (C=O) groups is 2. The molecule has 0 aromatic heterocycles. The van der Waals surface area contributed by atoms with E-state index in [9.17, 15) is 13.8 Å². The van der Waals surface area contributed by atoms with E-state index in [0.717, 1.165) is 0 Å². The highest BCUT2D eigenvalue weighted by molar-refractivity contribution is 7.85. The summed E-state index contributed by atoms with van der Waals surface area (Å²) in [6, 6.07) is 19.9. The Kier molecular flexibility index (Phi) is 5.68. The van der Waals surface area contributed by atoms with Gasteiger partial charge in [-0.1, -0.05) is 30.0 Å². The van der Waals surface area contributed by atoms with Crippen LogP contribution < -0.4 is 0 Å². The Hall–Kier alpha value is -3.69. The van der Waals surface area contributed by atoms with Gasteiger partial charge in [0.1, 0.15) is 0 Å². The van der Waals surface area contributed by atoms with Crippen LogP contribution in [0.4, 0.5) is 0 Å². The van der Waals surface area contributed by atoms with E-state index in [0.29, 0.717) is 20.9 Å². The second-order valence-corrected chi connectivity index (χ2v) is 7.21. The Morgan fingerprint density at radius 3 is 1.82 bits per heavy atom. The Labute approximate surface area is 163 Å². The summed E-state index contributed by atoms with van der Waals surface area (Å²) in [6.07, 6.45) is 0. The maximum absolute atomic E-state index is 12.5. The molecule has 0 heterocycles. The van der Waals surface area contributed by atoms with E-state index in [1.807, 2.05) is 18.2 Å². The first-order valence-electron chi connectivity index (χ1n) is 8.15. The highest BCUT2D eigenvalue weighted by atomic mass is 32.2. The lowest BCUT2D eigenvalue weighted by molar-refractivity contribution is 0.0651. The number of carboxylic acids is 2. The van der Waals surface area contributed by atoms with Crippen molar-refractivity contribution < 1.29 is 24.0 Å². The van der Waals surface area contributed by atoms with Gasteiger partial charge in [0, 0.05) is 20.9 Å². The molecular weight excluding hydrogens is 376 g/mol. The normalized spacial score (nSPS) is 11.1. The summed E-state index contributed by atoms with van der Waals surface area (Å²) >= 11 is 0. The quantitative estimate of drug-likeness (QED) is 0.664. The summed E-state index contributed by atoms with van der Waals surface area (Å²) in [4.78, 5) is 23.7. The first kappa shape index (κ1) is 19.1. The van der Waals surface area contributed by atoms with Crippen LogP contribution >= 0.6 is 0 Å². The van der Waals surface area contributed by atoms with Crippen LogP contribution in [0, 0.1) is 11.8 Å². The standard InChI is InChI=1S/C22H14O5S/c23-21(24)19-13-10-16(14-20(19)22(25)26)7-6-15-8-11-18(12-9-15)28(27)17-4-2-1-3-5-17/h1-5,8-14H,(H,23,24)(H,25,26). The molecule has 1 atom stereocenters. The van der Waals surface area contributed by atoms with Crippen LogP contribution in [0.1, 0.15) is 31.8 Å². The number of hydrogen-bond donors (Lipinski definition) is 2. The first-order chi connectivity index (χ1) is 13.5. The molecule has 0 radical (unpaired) electrons. The molecule has 1 unspecified atom stereocenters. The number of benzene rings is 3. The molecule has 0 aliphatic heterocycles. The van der Waals surface area contributed by atoms with Gasteiger partial charge in [-0.15, -0.1) is 0 Å². The van der Waals surface area contributed by atoms with Crippen molar-refractivity contribution in [1.82, 2.24) is 0 Å². The van der Waals surface area contributed by atoms with Crippen molar-refractivity contribution in [2.75, 3.05) is 0 Å². The maximum Gasteiger partial charge on any atom is 0.336 e. The van der Waals surface area contributed by atoms with Gasteiger partial charge in [-0.05, 0) is 54.6 Å². The number of rotatable bonds is 4. The highest BCUT2D eigenvalue weighted by Crippen LogP contribution is 2.17. The Bertz CT molecular complexity index is 1120. The lowest BCUT2D eigenvalue weighted by atomic mass is 10.0. The molecule has 0 spiro atoms. The molecule has 0 aliphatic carbocycles. The zero-order chi connectivity index (χ0) is 20.1. The average Bonchev–Trinajstić information content (AvgIpc) is 2.72. The van der Waals surface area contributed by atoms with Crippen molar-refractivity contribution in [3.8, 4) is 11.8 Å². The fourth-order valence-electron chi connectivity index (χ4n) is 2.47. The van der Waals surface area contributed by atoms with Gasteiger partial charge >= 0.3 is 11.9 Å². The van der Waals surface area contributed by atoms with Crippen LogP contribution in [0.15, 0.2) is 82.6 Å². The first-order valence-corrected chi connectivity index (χ1v) is 9.30. The third kappa shape index (κ3) is 4.34. The zero-order valence-electron chi connectivity index (χ0n) is 14.5. The largest absolute Gasteiger partial charge is 0.478 e. The zero-order valence-corrected chi connectivity index (χ0v) is 15.3. The van der Waals surface area contributed by atoms with Crippen LogP contribution in [0.3, 0.4) is 0 Å². The van der Waals surface area contributed by atoms with E-state index in [4.69, 9.17) is 10.2 Å². The minimum absolute atomic E-state index is 0.286. The molecule has 3 aromatic rings. The van der Waals surface area contributed by atoms with Gasteiger partial charge in [0.2, 0.25) is 0 Å². The summed E-state index contributed by atoms with van der Waals surface area (Å²) in [5.74, 6) is 3.08. The lowest BCUT2D eigenvalue weighted by Gasteiger charge is -2.02. The molecule has 6 heteroatoms. The van der Waals surface area contributed by atoms with Gasteiger partial charge in [0.15, 0.2) is 0 Å². The minimum atomic E-state index is -1.33. The van der Waals surface area contributed by atoms with Crippen LogP contribution in [0.25, 0.3) is 0 Å². The fraction of sp³-hybridized carbons (Fsp3) is 0. The topological polar surface area (TPSA) is 91.7 Å². The van der Waals surface area contributed by atoms with Gasteiger partial charge < -0.3 is 10.2 Å². The Morgan fingerprint density at radius 2 is 1.21 bits per heavy atom. The van der Waals surface area contributed by atoms with Crippen LogP contribution in [-0.2, 0) is 10.8 Å². The molecule has 28 heavy (non-hydrogen) atoms. The van der Waals surface area contributed by atoms with Gasteiger partial charge in [0.25, 0.3) is 0 Å². The minimum Gasteiger partial charge on any atom is -0.478 e. The molecule has 2 N–H and O–H groups in total. The van der Waals surface area contributed by atoms with Gasteiger partial charge in [-0.2, -0.15) is 0 Å². The molecule has 0 saturated carbocycles. The third-order valence-corrected chi connectivity index (χ3v) is 5.26. The Morgan fingerprint density at radius 1 is 0.679 bits per heavy atom. The summed E-state index contributed by atoms with van der Waals surface area (Å²) in [6.45, 7) is 0. The van der Waals surface area contributed by atoms with E-state index < -0.39 is 22.7 Å². The molecule has 3 rings (SSSR count). The van der Waals surface area contributed by atoms with Crippen LogP contribution in [-0.4, -0.2) is 26.4 Å². The summed E-state index contributed by atoms with van der Waals surface area (Å²) in [7, 11) is -1.28. The van der Waals surface area contributed by atoms with Gasteiger partial charge in [-0.25, -0.2) is 13.8 Å². The van der Waals surface area contributed by atoms with Crippen molar-refractivity contribution in [3.63, 3.8) is 0 Å². The van der Waals surface area contributed by atoms with Crippen molar-refractivity contribution in [2.45, 2.75) is 9.79 Å². The lowest BCUT2D eigenvalue weighted by Crippen LogP contribution is -2.08. The second kappa shape index (κ2) is 8.33. The number of carboxylic acid groups (broad SMARTS) is 2. The Balaban J connectivity index is 1.83. The van der Waals surface area contributed by atoms with Crippen LogP contribution in [0.5, 0.6) is 0 Å². The number of aromatic carboxylic acids is 2. The monoisotopic (exact) mass is 390 g/mol. The molecule has 0 amide bonds. The fourth-order valence-corrected chi connectivity index (χ4v) is 3.53. The molecule has 3 aromatic carbocycles. The maximum atomic E-state index is 12.5. The van der Waals surface area contributed by atoms with Gasteiger partial charge in [-0.3, -0.25) is 0 Å². The second-order valence-electron chi connectivity index (χ2n) is 5.73. The van der Waals surface area contributed by atoms with Crippen molar-refractivity contribution in [1.29, 1.82) is 0 Å². The van der Waals surface area contributed by atoms with Gasteiger partial charge in [0.05, 0.1) is 21.9 Å². The SMILES string of the molecule is O=C(O)c1ccc(C#Cc2ccc(S(=O)c3ccccc3)cc2)cc1C(=O)O. The molecule has 0 bridgehead atoms. The summed E-state index contributed by atoms with van der Waals surface area (Å²) in [5, 5.41) is 18.2. The van der Waals surface area contributed by atoms with E-state index in [2.05, 4.69) is 11.8 Å². The highest BCUT2D eigenvalue weighted by Gasteiger charge is 2.15. The summed E-state index contributed by atoms with van der Waals surface area (Å²) in [5.41, 5.74) is 0.450. The van der Waals surface area contributed by atoms with E-state index >= 15 is 0 Å². The molecule has 138 valence electrons.